The van der Waals surface area contributed by atoms with Crippen LogP contribution in [0.1, 0.15) is 19.3 Å². The molecule has 0 spiro atoms. The monoisotopic (exact) mass is 400 g/mol. The van der Waals surface area contributed by atoms with Crippen molar-refractivity contribution in [2.24, 2.45) is 5.92 Å². The van der Waals surface area contributed by atoms with E-state index in [1.165, 1.54) is 0 Å². The fraction of sp³-hybridized carbons (Fsp3) is 0.650. The van der Waals surface area contributed by atoms with Crippen molar-refractivity contribution < 1.29 is 13.9 Å². The highest BCUT2D eigenvalue weighted by Crippen LogP contribution is 2.41. The Morgan fingerprint density at radius 1 is 1.17 bits per heavy atom. The van der Waals surface area contributed by atoms with Crippen LogP contribution in [0.5, 0.6) is 0 Å². The molecular formula is C20H25FN6O2. The largest absolute Gasteiger partial charge is 0.378 e. The van der Waals surface area contributed by atoms with E-state index in [2.05, 4.69) is 19.8 Å². The molecule has 4 atom stereocenters. The summed E-state index contributed by atoms with van der Waals surface area (Å²) in [6.45, 7) is 4.59. The number of hydrogen-bond acceptors (Lipinski definition) is 6. The molecule has 6 rings (SSSR count). The van der Waals surface area contributed by atoms with Crippen LogP contribution in [0.3, 0.4) is 0 Å². The molecule has 1 saturated carbocycles. The summed E-state index contributed by atoms with van der Waals surface area (Å²) in [5, 5.41) is 0. The zero-order chi connectivity index (χ0) is 19.5. The van der Waals surface area contributed by atoms with Crippen molar-refractivity contribution in [2.45, 2.75) is 37.5 Å². The third-order valence-electron chi connectivity index (χ3n) is 6.78. The van der Waals surface area contributed by atoms with Gasteiger partial charge in [-0.05, 0) is 25.3 Å². The van der Waals surface area contributed by atoms with Gasteiger partial charge >= 0.3 is 0 Å². The zero-order valence-electron chi connectivity index (χ0n) is 16.3. The normalized spacial score (nSPS) is 31.6. The Bertz CT molecular complexity index is 930. The van der Waals surface area contributed by atoms with Gasteiger partial charge < -0.3 is 24.4 Å². The number of pyridine rings is 1. The van der Waals surface area contributed by atoms with E-state index in [9.17, 15) is 9.18 Å². The number of ether oxygens (including phenoxy) is 1. The number of hydrogen-bond donors (Lipinski definition) is 1. The van der Waals surface area contributed by atoms with E-state index in [1.54, 1.807) is 6.20 Å². The van der Waals surface area contributed by atoms with Gasteiger partial charge in [-0.2, -0.15) is 4.98 Å². The minimum Gasteiger partial charge on any atom is -0.378 e. The van der Waals surface area contributed by atoms with E-state index in [0.29, 0.717) is 25.3 Å². The summed E-state index contributed by atoms with van der Waals surface area (Å²) in [4.78, 5) is 31.8. The van der Waals surface area contributed by atoms with E-state index in [-0.39, 0.29) is 23.9 Å². The van der Waals surface area contributed by atoms with Crippen LogP contribution in [-0.2, 0) is 9.53 Å². The number of morpholine rings is 1. The van der Waals surface area contributed by atoms with Crippen LogP contribution in [0, 0.1) is 5.92 Å². The van der Waals surface area contributed by atoms with E-state index in [1.807, 2.05) is 11.0 Å². The van der Waals surface area contributed by atoms with Gasteiger partial charge in [0.1, 0.15) is 11.7 Å². The Balaban J connectivity index is 1.27. The molecule has 3 aliphatic heterocycles. The molecule has 0 aromatic carbocycles. The number of halogens is 1. The van der Waals surface area contributed by atoms with Crippen molar-refractivity contribution in [1.82, 2.24) is 19.9 Å². The second-order valence-electron chi connectivity index (χ2n) is 8.58. The maximum Gasteiger partial charge on any atom is 0.229 e. The van der Waals surface area contributed by atoms with Crippen LogP contribution in [0.15, 0.2) is 12.3 Å². The number of fused-ring (bicyclic) bond motifs is 3. The first-order chi connectivity index (χ1) is 14.2. The number of aromatic nitrogens is 3. The lowest BCUT2D eigenvalue weighted by Crippen LogP contribution is -2.56. The molecule has 8 nitrogen and oxygen atoms in total. The molecule has 1 aliphatic carbocycles. The number of H-pyrrole nitrogens is 1. The highest BCUT2D eigenvalue weighted by atomic mass is 19.1. The molecular weight excluding hydrogens is 375 g/mol. The maximum absolute atomic E-state index is 13.4. The number of carbonyl (C=O) groups is 1. The molecule has 1 N–H and O–H groups in total. The Hall–Kier alpha value is -2.42. The van der Waals surface area contributed by atoms with Gasteiger partial charge in [-0.15, -0.1) is 0 Å². The Kier molecular flexibility index (Phi) is 3.94. The summed E-state index contributed by atoms with van der Waals surface area (Å²) in [6, 6.07) is 2.36. The summed E-state index contributed by atoms with van der Waals surface area (Å²) in [5.41, 5.74) is 2.74. The number of aromatic amines is 1. The van der Waals surface area contributed by atoms with Crippen LogP contribution in [-0.4, -0.2) is 83.4 Å². The lowest BCUT2D eigenvalue weighted by Gasteiger charge is -2.42. The van der Waals surface area contributed by atoms with Crippen molar-refractivity contribution >= 4 is 28.7 Å². The van der Waals surface area contributed by atoms with Crippen molar-refractivity contribution in [3.63, 3.8) is 0 Å². The van der Waals surface area contributed by atoms with Crippen molar-refractivity contribution in [3.05, 3.63) is 12.3 Å². The second-order valence-corrected chi connectivity index (χ2v) is 8.58. The first-order valence-corrected chi connectivity index (χ1v) is 10.6. The van der Waals surface area contributed by atoms with E-state index < -0.39 is 6.17 Å². The van der Waals surface area contributed by atoms with Crippen molar-refractivity contribution in [2.75, 3.05) is 49.2 Å². The quantitative estimate of drug-likeness (QED) is 0.838. The number of nitrogens with one attached hydrogen (secondary N) is 1. The molecule has 2 aromatic rings. The third kappa shape index (κ3) is 2.86. The number of nitrogens with zero attached hydrogens (tertiary/aromatic N) is 5. The van der Waals surface area contributed by atoms with Gasteiger partial charge in [0.15, 0.2) is 5.65 Å². The summed E-state index contributed by atoms with van der Waals surface area (Å²) in [5.74, 6) is 0.476. The van der Waals surface area contributed by atoms with Gasteiger partial charge in [0.05, 0.1) is 24.8 Å². The summed E-state index contributed by atoms with van der Waals surface area (Å²) in [6.07, 6.45) is 3.27. The first kappa shape index (κ1) is 17.4. The number of rotatable bonds is 3. The van der Waals surface area contributed by atoms with Crippen LogP contribution in [0.2, 0.25) is 0 Å². The lowest BCUT2D eigenvalue weighted by atomic mass is 10.1. The number of piperazine rings is 1. The smallest absolute Gasteiger partial charge is 0.229 e. The molecule has 2 unspecified atom stereocenters. The van der Waals surface area contributed by atoms with Gasteiger partial charge in [0, 0.05) is 44.5 Å². The molecule has 9 heteroatoms. The summed E-state index contributed by atoms with van der Waals surface area (Å²) in [7, 11) is 0. The number of anilines is 2. The summed E-state index contributed by atoms with van der Waals surface area (Å²) >= 11 is 0. The maximum atomic E-state index is 13.4. The molecule has 2 bridgehead atoms. The molecule has 1 amide bonds. The van der Waals surface area contributed by atoms with Crippen LogP contribution in [0.25, 0.3) is 11.2 Å². The molecule has 29 heavy (non-hydrogen) atoms. The minimum atomic E-state index is -0.927. The van der Waals surface area contributed by atoms with Crippen LogP contribution < -0.4 is 9.80 Å². The summed E-state index contributed by atoms with van der Waals surface area (Å²) < 4.78 is 18.9. The number of amides is 1. The van der Waals surface area contributed by atoms with Gasteiger partial charge in [-0.3, -0.25) is 4.79 Å². The van der Waals surface area contributed by atoms with Crippen LogP contribution in [0.4, 0.5) is 16.0 Å². The standard InChI is InChI=1S/C20H25FN6O2/c21-15-9-14(15)19(28)27-12-1-2-13(27)11-26(10-12)16-3-4-22-18-17(16)23-20(24-18)25-5-7-29-8-6-25/h3-4,12-15H,1-2,5-11H2,(H,22,23,24)/t12?,13?,14-,15-/m1/s1. The van der Waals surface area contributed by atoms with E-state index in [4.69, 9.17) is 9.72 Å². The zero-order valence-corrected chi connectivity index (χ0v) is 16.3. The Labute approximate surface area is 168 Å². The Morgan fingerprint density at radius 3 is 2.59 bits per heavy atom. The topological polar surface area (TPSA) is 77.6 Å². The van der Waals surface area contributed by atoms with Gasteiger partial charge in [-0.25, -0.2) is 9.37 Å². The first-order valence-electron chi connectivity index (χ1n) is 10.6. The molecule has 4 aliphatic rings. The predicted molar refractivity (Wildman–Crippen MR) is 106 cm³/mol. The van der Waals surface area contributed by atoms with Gasteiger partial charge in [-0.1, -0.05) is 0 Å². The molecule has 154 valence electrons. The number of imidazole rings is 1. The molecule has 2 aromatic heterocycles. The number of alkyl halides is 1. The van der Waals surface area contributed by atoms with Gasteiger partial charge in [0.2, 0.25) is 11.9 Å². The molecule has 0 radical (unpaired) electrons. The fourth-order valence-electron chi connectivity index (χ4n) is 5.14. The minimum absolute atomic E-state index is 0.0284. The van der Waals surface area contributed by atoms with Gasteiger partial charge in [0.25, 0.3) is 0 Å². The molecule has 3 saturated heterocycles. The SMILES string of the molecule is O=C([C@@H]1C[C@H]1F)N1C2CCC1CN(c1ccnc3nc(N4CCOCC4)[nH]c13)C2. The predicted octanol–water partition coefficient (Wildman–Crippen LogP) is 1.33. The molecule has 4 fully saturated rings. The van der Waals surface area contributed by atoms with Crippen molar-refractivity contribution in [1.29, 1.82) is 0 Å². The third-order valence-corrected chi connectivity index (χ3v) is 6.78. The number of carbonyl (C=O) groups excluding carboxylic acids is 1. The average Bonchev–Trinajstić information content (AvgIpc) is 3.21. The van der Waals surface area contributed by atoms with Crippen molar-refractivity contribution in [3.8, 4) is 0 Å². The highest BCUT2D eigenvalue weighted by Gasteiger charge is 2.51. The second kappa shape index (κ2) is 6.55. The lowest BCUT2D eigenvalue weighted by molar-refractivity contribution is -0.136. The van der Waals surface area contributed by atoms with E-state index in [0.717, 1.165) is 56.2 Å². The molecule has 5 heterocycles. The fourth-order valence-corrected chi connectivity index (χ4v) is 5.14. The Morgan fingerprint density at radius 2 is 1.90 bits per heavy atom. The highest BCUT2D eigenvalue weighted by molar-refractivity contribution is 5.88. The van der Waals surface area contributed by atoms with E-state index >= 15 is 0 Å². The average molecular weight is 400 g/mol. The van der Waals surface area contributed by atoms with Crippen LogP contribution >= 0.6 is 0 Å².